The predicted octanol–water partition coefficient (Wildman–Crippen LogP) is 2.93. The first kappa shape index (κ1) is 20.2. The molecule has 0 unspecified atom stereocenters. The Hall–Kier alpha value is -4.47. The molecule has 0 atom stereocenters. The van der Waals surface area contributed by atoms with Crippen LogP contribution in [0.1, 0.15) is 10.6 Å². The number of rotatable bonds is 4. The fourth-order valence-corrected chi connectivity index (χ4v) is 4.23. The minimum atomic E-state index is -0.103. The summed E-state index contributed by atoms with van der Waals surface area (Å²) in [6, 6.07) is 17.0. The first-order chi connectivity index (χ1) is 16.7. The molecule has 2 aromatic carbocycles. The van der Waals surface area contributed by atoms with Crippen LogP contribution >= 0.6 is 0 Å². The minimum absolute atomic E-state index is 0.103. The number of benzene rings is 2. The van der Waals surface area contributed by atoms with E-state index < -0.39 is 0 Å². The lowest BCUT2D eigenvalue weighted by molar-refractivity contribution is 0.0717. The van der Waals surface area contributed by atoms with E-state index in [1.807, 2.05) is 48.5 Å². The van der Waals surface area contributed by atoms with Gasteiger partial charge < -0.3 is 19.0 Å². The highest BCUT2D eigenvalue weighted by Gasteiger charge is 2.27. The number of para-hydroxylation sites is 1. The molecule has 1 aliphatic rings. The van der Waals surface area contributed by atoms with Gasteiger partial charge in [0.05, 0.1) is 12.8 Å². The van der Waals surface area contributed by atoms with E-state index in [0.717, 1.165) is 16.8 Å². The number of ether oxygens (including phenoxy) is 1. The lowest BCUT2D eigenvalue weighted by Gasteiger charge is -2.34. The van der Waals surface area contributed by atoms with Gasteiger partial charge in [0, 0.05) is 31.6 Å². The smallest absolute Gasteiger partial charge is 0.289 e. The first-order valence-corrected chi connectivity index (χ1v) is 10.9. The molecule has 0 bridgehead atoms. The number of hydrogen-bond donors (Lipinski definition) is 0. The monoisotopic (exact) mass is 455 g/mol. The van der Waals surface area contributed by atoms with E-state index in [4.69, 9.17) is 9.15 Å². The van der Waals surface area contributed by atoms with Gasteiger partial charge in [0.1, 0.15) is 17.7 Å². The maximum Gasteiger partial charge on any atom is 0.289 e. The molecule has 4 heterocycles. The van der Waals surface area contributed by atoms with Gasteiger partial charge in [0.2, 0.25) is 0 Å². The molecule has 0 radical (unpaired) electrons. The zero-order valence-corrected chi connectivity index (χ0v) is 18.5. The largest absolute Gasteiger partial charge is 0.497 e. The summed E-state index contributed by atoms with van der Waals surface area (Å²) in [4.78, 5) is 25.8. The third kappa shape index (κ3) is 3.40. The highest BCUT2D eigenvalue weighted by molar-refractivity contribution is 5.96. The van der Waals surface area contributed by atoms with Crippen LogP contribution in [0.25, 0.3) is 27.8 Å². The number of aromatic nitrogens is 5. The summed E-state index contributed by atoms with van der Waals surface area (Å²) in [5.41, 5.74) is 2.79. The normalized spacial score (nSPS) is 14.1. The van der Waals surface area contributed by atoms with Crippen molar-refractivity contribution in [3.63, 3.8) is 0 Å². The number of furan rings is 1. The Kier molecular flexibility index (Phi) is 4.83. The van der Waals surface area contributed by atoms with Gasteiger partial charge in [-0.05, 0) is 36.4 Å². The van der Waals surface area contributed by atoms with Crippen LogP contribution in [-0.2, 0) is 0 Å². The molecule has 0 saturated carbocycles. The van der Waals surface area contributed by atoms with E-state index in [1.54, 1.807) is 22.8 Å². The average molecular weight is 455 g/mol. The second-order valence-electron chi connectivity index (χ2n) is 8.00. The molecule has 3 aromatic heterocycles. The third-order valence-electron chi connectivity index (χ3n) is 6.04. The Morgan fingerprint density at radius 1 is 1.00 bits per heavy atom. The molecule has 5 aromatic rings. The molecule has 1 saturated heterocycles. The van der Waals surface area contributed by atoms with Crippen LogP contribution in [0.15, 0.2) is 65.3 Å². The topological polar surface area (TPSA) is 102 Å². The van der Waals surface area contributed by atoms with Gasteiger partial charge in [-0.15, -0.1) is 5.10 Å². The molecule has 1 fully saturated rings. The Labute approximate surface area is 194 Å². The van der Waals surface area contributed by atoms with Gasteiger partial charge in [0.25, 0.3) is 5.91 Å². The molecule has 10 nitrogen and oxygen atoms in total. The Bertz CT molecular complexity index is 1450. The molecule has 0 spiro atoms. The quantitative estimate of drug-likeness (QED) is 0.408. The molecule has 0 N–H and O–H groups in total. The third-order valence-corrected chi connectivity index (χ3v) is 6.04. The summed E-state index contributed by atoms with van der Waals surface area (Å²) in [5, 5.41) is 9.58. The van der Waals surface area contributed by atoms with E-state index in [1.165, 1.54) is 6.33 Å². The number of hydrogen-bond acceptors (Lipinski definition) is 8. The lowest BCUT2D eigenvalue weighted by Crippen LogP contribution is -2.49. The molecule has 6 rings (SSSR count). The highest BCUT2D eigenvalue weighted by atomic mass is 16.5. The van der Waals surface area contributed by atoms with E-state index in [2.05, 4.69) is 25.2 Å². The van der Waals surface area contributed by atoms with Crippen molar-refractivity contribution in [3.05, 3.63) is 66.7 Å². The van der Waals surface area contributed by atoms with Crippen molar-refractivity contribution < 1.29 is 13.9 Å². The molecule has 170 valence electrons. The van der Waals surface area contributed by atoms with Crippen LogP contribution in [0.3, 0.4) is 0 Å². The molecule has 1 amide bonds. The number of methoxy groups -OCH3 is 1. The van der Waals surface area contributed by atoms with Crippen molar-refractivity contribution in [2.24, 2.45) is 0 Å². The van der Waals surface area contributed by atoms with Crippen molar-refractivity contribution in [1.82, 2.24) is 29.9 Å². The van der Waals surface area contributed by atoms with Gasteiger partial charge in [-0.3, -0.25) is 4.79 Å². The number of carbonyl (C=O) groups excluding carboxylic acids is 1. The number of nitrogens with zero attached hydrogens (tertiary/aromatic N) is 7. The zero-order chi connectivity index (χ0) is 23.1. The van der Waals surface area contributed by atoms with E-state index in [0.29, 0.717) is 54.5 Å². The second kappa shape index (κ2) is 8.14. The number of carbonyl (C=O) groups is 1. The van der Waals surface area contributed by atoms with Crippen LogP contribution in [0.4, 0.5) is 5.82 Å². The lowest BCUT2D eigenvalue weighted by atomic mass is 10.2. The molecule has 1 aliphatic heterocycles. The van der Waals surface area contributed by atoms with Crippen LogP contribution in [0, 0.1) is 0 Å². The fourth-order valence-electron chi connectivity index (χ4n) is 4.23. The number of fused-ring (bicyclic) bond motifs is 2. The van der Waals surface area contributed by atoms with Crippen LogP contribution in [-0.4, -0.2) is 69.1 Å². The summed E-state index contributed by atoms with van der Waals surface area (Å²) in [6.07, 6.45) is 1.52. The van der Waals surface area contributed by atoms with Crippen LogP contribution in [0.5, 0.6) is 5.75 Å². The summed E-state index contributed by atoms with van der Waals surface area (Å²) in [6.45, 7) is 2.34. The van der Waals surface area contributed by atoms with Crippen LogP contribution in [0.2, 0.25) is 0 Å². The zero-order valence-electron chi connectivity index (χ0n) is 18.5. The second-order valence-corrected chi connectivity index (χ2v) is 8.00. The Balaban J connectivity index is 1.21. The molecular formula is C24H21N7O3. The van der Waals surface area contributed by atoms with Gasteiger partial charge in [-0.2, -0.15) is 4.68 Å². The predicted molar refractivity (Wildman–Crippen MR) is 125 cm³/mol. The number of amides is 1. The summed E-state index contributed by atoms with van der Waals surface area (Å²) in [7, 11) is 1.63. The summed E-state index contributed by atoms with van der Waals surface area (Å²) >= 11 is 0. The van der Waals surface area contributed by atoms with Crippen molar-refractivity contribution in [1.29, 1.82) is 0 Å². The van der Waals surface area contributed by atoms with Crippen molar-refractivity contribution >= 4 is 33.9 Å². The Morgan fingerprint density at radius 2 is 1.79 bits per heavy atom. The highest BCUT2D eigenvalue weighted by Crippen LogP contribution is 2.25. The van der Waals surface area contributed by atoms with Crippen molar-refractivity contribution in [3.8, 4) is 11.4 Å². The summed E-state index contributed by atoms with van der Waals surface area (Å²) in [5.74, 6) is 1.73. The standard InChI is InChI=1S/C24H21N7O3/c1-33-18-8-6-17(7-9-18)31-23-21(27-28-31)22(25-15-26-23)29-10-12-30(13-11-29)24(32)20-14-16-4-2-3-5-19(16)34-20/h2-9,14-15H,10-13H2,1H3. The molecular weight excluding hydrogens is 434 g/mol. The van der Waals surface area contributed by atoms with E-state index in [9.17, 15) is 4.79 Å². The maximum atomic E-state index is 13.0. The van der Waals surface area contributed by atoms with Gasteiger partial charge in [-0.1, -0.05) is 23.4 Å². The number of anilines is 1. The van der Waals surface area contributed by atoms with Gasteiger partial charge >= 0.3 is 0 Å². The van der Waals surface area contributed by atoms with Gasteiger partial charge in [-0.25, -0.2) is 9.97 Å². The first-order valence-electron chi connectivity index (χ1n) is 10.9. The molecule has 0 aliphatic carbocycles. The summed E-state index contributed by atoms with van der Waals surface area (Å²) < 4.78 is 12.7. The van der Waals surface area contributed by atoms with Crippen molar-refractivity contribution in [2.45, 2.75) is 0 Å². The van der Waals surface area contributed by atoms with E-state index >= 15 is 0 Å². The van der Waals surface area contributed by atoms with Crippen molar-refractivity contribution in [2.75, 3.05) is 38.2 Å². The van der Waals surface area contributed by atoms with Gasteiger partial charge in [0.15, 0.2) is 22.7 Å². The van der Waals surface area contributed by atoms with Crippen LogP contribution < -0.4 is 9.64 Å². The Morgan fingerprint density at radius 3 is 2.56 bits per heavy atom. The number of piperazine rings is 1. The minimum Gasteiger partial charge on any atom is -0.497 e. The fraction of sp³-hybridized carbons (Fsp3) is 0.208. The maximum absolute atomic E-state index is 13.0. The average Bonchev–Trinajstić information content (AvgIpc) is 3.53. The SMILES string of the molecule is COc1ccc(-n2nnc3c(N4CCN(C(=O)c5cc6ccccc6o5)CC4)ncnc32)cc1. The molecule has 34 heavy (non-hydrogen) atoms. The molecule has 10 heteroatoms. The van der Waals surface area contributed by atoms with E-state index in [-0.39, 0.29) is 5.91 Å².